The van der Waals surface area contributed by atoms with Gasteiger partial charge in [-0.05, 0) is 90.5 Å². The molecule has 50 heavy (non-hydrogen) atoms. The van der Waals surface area contributed by atoms with Crippen LogP contribution < -0.4 is 0 Å². The highest BCUT2D eigenvalue weighted by atomic mass is 16.5. The van der Waals surface area contributed by atoms with Crippen molar-refractivity contribution in [2.24, 2.45) is 5.92 Å². The summed E-state index contributed by atoms with van der Waals surface area (Å²) in [6.45, 7) is 46.0. The summed E-state index contributed by atoms with van der Waals surface area (Å²) >= 11 is 0. The molecule has 0 aromatic carbocycles. The Bertz CT molecular complexity index is 1140. The van der Waals surface area contributed by atoms with Gasteiger partial charge < -0.3 is 9.47 Å². The number of esters is 2. The maximum atomic E-state index is 11.0. The highest BCUT2D eigenvalue weighted by molar-refractivity contribution is 5.88. The Morgan fingerprint density at radius 2 is 1.16 bits per heavy atom. The summed E-state index contributed by atoms with van der Waals surface area (Å²) in [4.78, 5) is 21.2. The molecule has 0 saturated carbocycles. The fourth-order valence-corrected chi connectivity index (χ4v) is 2.77. The van der Waals surface area contributed by atoms with Gasteiger partial charge in [0.2, 0.25) is 0 Å². The van der Waals surface area contributed by atoms with Crippen molar-refractivity contribution in [2.45, 2.75) is 103 Å². The largest absolute Gasteiger partial charge is 0.469 e. The topological polar surface area (TPSA) is 52.6 Å². The number of hydrogen-bond acceptors (Lipinski definition) is 4. The molecular weight excluding hydrogens is 617 g/mol. The molecule has 0 spiro atoms. The van der Waals surface area contributed by atoms with Gasteiger partial charge in [0.25, 0.3) is 0 Å². The normalized spacial score (nSPS) is 11.7. The van der Waals surface area contributed by atoms with Crippen molar-refractivity contribution in [3.05, 3.63) is 157 Å². The van der Waals surface area contributed by atoms with Crippen LogP contribution in [0.1, 0.15) is 103 Å². The second-order valence-electron chi connectivity index (χ2n) is 9.56. The first kappa shape index (κ1) is 60.8. The van der Waals surface area contributed by atoms with E-state index in [0.717, 1.165) is 11.1 Å². The number of allylic oxidation sites excluding steroid dienone is 19. The highest BCUT2D eigenvalue weighted by Crippen LogP contribution is 2.22. The summed E-state index contributed by atoms with van der Waals surface area (Å²) in [5.74, 6) is -0.0745. The summed E-state index contributed by atoms with van der Waals surface area (Å²) in [7, 11) is 2.75. The third-order valence-corrected chi connectivity index (χ3v) is 5.65. The van der Waals surface area contributed by atoms with Crippen LogP contribution in [0.4, 0.5) is 0 Å². The molecule has 0 aromatic rings. The Morgan fingerprint density at radius 1 is 0.660 bits per heavy atom. The van der Waals surface area contributed by atoms with Crippen LogP contribution in [0.15, 0.2) is 157 Å². The minimum absolute atomic E-state index is 0.192. The molecule has 0 radical (unpaired) electrons. The SMILES string of the molecule is C/C=C\CC(=O)OC.C=C(C)/C(C)=C/C=C(\C)C(=O)OC.C=C/C=C(C)/C(C)=C(\C=C)C(C)/C=C\C.C=C/C=C\C=C/C.C=CC.CC.CC. The summed E-state index contributed by atoms with van der Waals surface area (Å²) in [6, 6.07) is 0. The van der Waals surface area contributed by atoms with Gasteiger partial charge in [-0.2, -0.15) is 0 Å². The van der Waals surface area contributed by atoms with E-state index in [1.807, 2.05) is 124 Å². The quantitative estimate of drug-likeness (QED) is 0.0884. The van der Waals surface area contributed by atoms with Crippen molar-refractivity contribution in [3.63, 3.8) is 0 Å². The lowest BCUT2D eigenvalue weighted by Crippen LogP contribution is -2.00. The lowest BCUT2D eigenvalue weighted by atomic mass is 9.92. The fourth-order valence-electron chi connectivity index (χ4n) is 2.77. The molecule has 0 bridgehead atoms. The first-order valence-corrected chi connectivity index (χ1v) is 17.2. The Kier molecular flexibility index (Phi) is 62.5. The fraction of sp³-hybridized carbons (Fsp3) is 0.391. The molecule has 0 aliphatic carbocycles. The van der Waals surface area contributed by atoms with E-state index in [-0.39, 0.29) is 11.9 Å². The molecule has 0 saturated heterocycles. The smallest absolute Gasteiger partial charge is 0.333 e. The van der Waals surface area contributed by atoms with Crippen LogP contribution in [-0.2, 0) is 19.1 Å². The van der Waals surface area contributed by atoms with Crippen LogP contribution in [0.5, 0.6) is 0 Å². The molecule has 284 valence electrons. The van der Waals surface area contributed by atoms with Gasteiger partial charge in [-0.15, -0.1) is 6.58 Å². The van der Waals surface area contributed by atoms with Crippen molar-refractivity contribution in [1.82, 2.24) is 0 Å². The Labute approximate surface area is 311 Å². The van der Waals surface area contributed by atoms with Gasteiger partial charge >= 0.3 is 11.9 Å². The van der Waals surface area contributed by atoms with Crippen LogP contribution in [0.3, 0.4) is 0 Å². The maximum Gasteiger partial charge on any atom is 0.333 e. The van der Waals surface area contributed by atoms with Gasteiger partial charge in [0.1, 0.15) is 0 Å². The van der Waals surface area contributed by atoms with Crippen molar-refractivity contribution >= 4 is 11.9 Å². The van der Waals surface area contributed by atoms with Gasteiger partial charge in [-0.3, -0.25) is 4.79 Å². The number of ether oxygens (including phenoxy) is 2. The first-order valence-electron chi connectivity index (χ1n) is 17.2. The minimum atomic E-state index is -0.300. The zero-order valence-electron chi connectivity index (χ0n) is 35.1. The average molecular weight is 693 g/mol. The third-order valence-electron chi connectivity index (χ3n) is 5.65. The number of carbonyl (C=O) groups excluding carboxylic acids is 2. The zero-order valence-corrected chi connectivity index (χ0v) is 35.1. The monoisotopic (exact) mass is 693 g/mol. The number of hydrogen-bond donors (Lipinski definition) is 0. The van der Waals surface area contributed by atoms with Crippen LogP contribution in [0.25, 0.3) is 0 Å². The van der Waals surface area contributed by atoms with Crippen molar-refractivity contribution in [3.8, 4) is 0 Å². The molecule has 4 heteroatoms. The van der Waals surface area contributed by atoms with Gasteiger partial charge in [0, 0.05) is 5.57 Å². The van der Waals surface area contributed by atoms with Crippen molar-refractivity contribution in [1.29, 1.82) is 0 Å². The standard InChI is InChI=1S/C15H22.C11H16O2.C7H10.C6H10O2.C3H6.2C2H6/c1-7-10-12(4)14(6)15(9-3)13(5)11-8-2;1-8(2)9(3)6-7-10(4)11(12)13-5;1-3-5-7-6-4-2;1-3-4-5-6(7)8-2;1-3-2;2*1-2/h7-11,13H,1,3H2,2,4-6H3;6-7H,1H2,2-5H3;3-7H,1H2,2H3;3-4H,5H2,1-2H3;3H,1H2,2H3;2*1-2H3/b11-8-,12-10+,15-14+;9-6+,10-7+;6-4-,7-5-;4-3-;;;. The van der Waals surface area contributed by atoms with E-state index in [9.17, 15) is 9.59 Å². The molecule has 0 aliphatic heterocycles. The second kappa shape index (κ2) is 51.4. The van der Waals surface area contributed by atoms with Gasteiger partial charge in [0.15, 0.2) is 0 Å². The van der Waals surface area contributed by atoms with E-state index >= 15 is 0 Å². The van der Waals surface area contributed by atoms with Gasteiger partial charge in [-0.1, -0.05) is 158 Å². The van der Waals surface area contributed by atoms with Gasteiger partial charge in [-0.25, -0.2) is 4.79 Å². The molecule has 0 rings (SSSR count). The lowest BCUT2D eigenvalue weighted by molar-refractivity contribution is -0.139. The second-order valence-corrected chi connectivity index (χ2v) is 9.56. The maximum absolute atomic E-state index is 11.0. The summed E-state index contributed by atoms with van der Waals surface area (Å²) in [5.41, 5.74) is 6.45. The van der Waals surface area contributed by atoms with Crippen LogP contribution >= 0.6 is 0 Å². The first-order chi connectivity index (χ1) is 23.7. The van der Waals surface area contributed by atoms with Crippen molar-refractivity contribution in [2.75, 3.05) is 14.2 Å². The zero-order chi connectivity index (χ0) is 40.9. The van der Waals surface area contributed by atoms with E-state index in [4.69, 9.17) is 0 Å². The Balaban J connectivity index is -0.0000000959. The molecular formula is C46H76O4. The summed E-state index contributed by atoms with van der Waals surface area (Å²) < 4.78 is 8.91. The van der Waals surface area contributed by atoms with Crippen molar-refractivity contribution < 1.29 is 19.1 Å². The van der Waals surface area contributed by atoms with Gasteiger partial charge in [0.05, 0.1) is 20.6 Å². The lowest BCUT2D eigenvalue weighted by Gasteiger charge is -2.13. The van der Waals surface area contributed by atoms with Crippen LogP contribution in [0, 0.1) is 5.92 Å². The molecule has 0 heterocycles. The molecule has 0 aromatic heterocycles. The summed E-state index contributed by atoms with van der Waals surface area (Å²) in [6.07, 6.45) is 28.9. The number of methoxy groups -OCH3 is 2. The third kappa shape index (κ3) is 48.0. The molecule has 0 N–H and O–H groups in total. The summed E-state index contributed by atoms with van der Waals surface area (Å²) in [5, 5.41) is 0. The molecule has 0 aliphatic rings. The molecule has 0 fully saturated rings. The van der Waals surface area contributed by atoms with E-state index in [1.54, 1.807) is 31.2 Å². The van der Waals surface area contributed by atoms with E-state index in [2.05, 4.69) is 75.3 Å². The number of rotatable bonds is 12. The van der Waals surface area contributed by atoms with E-state index in [0.29, 0.717) is 17.9 Å². The Hall–Kier alpha value is -4.44. The average Bonchev–Trinajstić information content (AvgIpc) is 3.12. The van der Waals surface area contributed by atoms with E-state index in [1.165, 1.54) is 30.9 Å². The molecule has 1 atom stereocenters. The van der Waals surface area contributed by atoms with Crippen LogP contribution in [0.2, 0.25) is 0 Å². The minimum Gasteiger partial charge on any atom is -0.469 e. The number of carbonyl (C=O) groups is 2. The Morgan fingerprint density at radius 3 is 1.50 bits per heavy atom. The predicted molar refractivity (Wildman–Crippen MR) is 229 cm³/mol. The highest BCUT2D eigenvalue weighted by Gasteiger charge is 2.06. The van der Waals surface area contributed by atoms with E-state index < -0.39 is 0 Å². The molecule has 1 unspecified atom stereocenters. The molecule has 0 amide bonds. The predicted octanol–water partition coefficient (Wildman–Crippen LogP) is 14.1. The van der Waals surface area contributed by atoms with Crippen LogP contribution in [-0.4, -0.2) is 26.2 Å². The molecule has 4 nitrogen and oxygen atoms in total.